The second-order valence-electron chi connectivity index (χ2n) is 6.92. The Kier molecular flexibility index (Phi) is 4.48. The number of allylic oxidation sites excluding steroid dienone is 1. The quantitative estimate of drug-likeness (QED) is 0.519. The van der Waals surface area contributed by atoms with Crippen LogP contribution in [0.2, 0.25) is 0 Å². The number of rotatable bonds is 4. The largest absolute Gasteiger partial charge is 0.510 e. The maximum Gasteiger partial charge on any atom is 0.281 e. The van der Waals surface area contributed by atoms with Crippen molar-refractivity contribution < 1.29 is 19.0 Å². The van der Waals surface area contributed by atoms with E-state index >= 15 is 0 Å². The zero-order valence-corrected chi connectivity index (χ0v) is 17.4. The molecule has 1 aliphatic heterocycles. The lowest BCUT2D eigenvalue weighted by atomic mass is 10.1. The van der Waals surface area contributed by atoms with E-state index in [0.717, 1.165) is 5.56 Å². The molecule has 2 aromatic carbocycles. The third-order valence-electron chi connectivity index (χ3n) is 5.16. The van der Waals surface area contributed by atoms with E-state index in [1.54, 1.807) is 28.8 Å². The molecule has 0 atom stereocenters. The van der Waals surface area contributed by atoms with Crippen LogP contribution in [0.4, 0.5) is 4.39 Å². The van der Waals surface area contributed by atoms with Gasteiger partial charge in [-0.05, 0) is 30.3 Å². The Morgan fingerprint density at radius 1 is 1.10 bits per heavy atom. The summed E-state index contributed by atoms with van der Waals surface area (Å²) in [6.07, 6.45) is 0. The van der Waals surface area contributed by atoms with Gasteiger partial charge in [0.05, 0.1) is 42.9 Å². The first-order valence-corrected chi connectivity index (χ1v) is 10.2. The van der Waals surface area contributed by atoms with Crippen LogP contribution in [-0.2, 0) is 6.54 Å². The molecule has 0 unspecified atom stereocenters. The number of benzene rings is 2. The van der Waals surface area contributed by atoms with Gasteiger partial charge in [-0.2, -0.15) is 4.98 Å². The van der Waals surface area contributed by atoms with Gasteiger partial charge >= 0.3 is 0 Å². The number of thiazole rings is 1. The molecule has 2 aromatic heterocycles. The molecule has 0 spiro atoms. The van der Waals surface area contributed by atoms with Crippen molar-refractivity contribution in [2.45, 2.75) is 6.54 Å². The molecule has 0 aliphatic carbocycles. The molecule has 0 radical (unpaired) electrons. The Labute approximate surface area is 179 Å². The van der Waals surface area contributed by atoms with Crippen LogP contribution in [0.25, 0.3) is 27.7 Å². The number of fused-ring (bicyclic) bond motifs is 3. The standard InChI is InChI=1S/C22H16FN3O4S/c1-29-17-7-13-15(8-18(17)30-2)26-9-16(27)19(20(26)25-21(13)28)22-24-14(10-31-22)11-3-5-12(23)6-4-11/h3-8,10,27H,9H2,1-2H3. The first-order chi connectivity index (χ1) is 15.0. The van der Waals surface area contributed by atoms with E-state index in [9.17, 15) is 14.3 Å². The van der Waals surface area contributed by atoms with Gasteiger partial charge in [0.1, 0.15) is 16.6 Å². The minimum Gasteiger partial charge on any atom is -0.510 e. The smallest absolute Gasteiger partial charge is 0.281 e. The van der Waals surface area contributed by atoms with Crippen molar-refractivity contribution in [3.8, 4) is 22.8 Å². The van der Waals surface area contributed by atoms with E-state index in [2.05, 4.69) is 9.97 Å². The predicted molar refractivity (Wildman–Crippen MR) is 115 cm³/mol. The lowest BCUT2D eigenvalue weighted by molar-refractivity contribution is 0.355. The van der Waals surface area contributed by atoms with Gasteiger partial charge in [0.15, 0.2) is 17.3 Å². The number of aliphatic hydroxyl groups excluding tert-OH is 1. The average Bonchev–Trinajstić information content (AvgIpc) is 3.37. The van der Waals surface area contributed by atoms with Gasteiger partial charge in [0, 0.05) is 17.0 Å². The fourth-order valence-corrected chi connectivity index (χ4v) is 4.55. The lowest BCUT2D eigenvalue weighted by Crippen LogP contribution is -2.16. The topological polar surface area (TPSA) is 86.5 Å². The maximum atomic E-state index is 13.2. The van der Waals surface area contributed by atoms with Gasteiger partial charge in [-0.25, -0.2) is 9.37 Å². The van der Waals surface area contributed by atoms with Crippen LogP contribution in [0, 0.1) is 5.82 Å². The minimum absolute atomic E-state index is 0.0641. The van der Waals surface area contributed by atoms with Gasteiger partial charge in [-0.1, -0.05) is 0 Å². The second-order valence-corrected chi connectivity index (χ2v) is 7.78. The second kappa shape index (κ2) is 7.21. The molecular formula is C22H16FN3O4S. The van der Waals surface area contributed by atoms with Crippen molar-refractivity contribution in [1.82, 2.24) is 14.5 Å². The van der Waals surface area contributed by atoms with Crippen molar-refractivity contribution in [3.63, 3.8) is 0 Å². The SMILES string of the molecule is COc1cc2c(=O)nc3n(c2cc1OC)CC(O)=C3c1nc(-c2ccc(F)cc2)cs1. The van der Waals surface area contributed by atoms with Crippen molar-refractivity contribution >= 4 is 27.8 Å². The van der Waals surface area contributed by atoms with Gasteiger partial charge < -0.3 is 19.1 Å². The van der Waals surface area contributed by atoms with Crippen molar-refractivity contribution in [3.05, 3.63) is 74.5 Å². The Hall–Kier alpha value is -3.72. The number of methoxy groups -OCH3 is 2. The number of nitrogens with zero attached hydrogens (tertiary/aromatic N) is 3. The van der Waals surface area contributed by atoms with Gasteiger partial charge in [0.25, 0.3) is 5.56 Å². The number of hydrogen-bond acceptors (Lipinski definition) is 7. The summed E-state index contributed by atoms with van der Waals surface area (Å²) in [6, 6.07) is 9.29. The molecule has 0 saturated carbocycles. The molecule has 4 aromatic rings. The molecule has 0 bridgehead atoms. The monoisotopic (exact) mass is 437 g/mol. The summed E-state index contributed by atoms with van der Waals surface area (Å²) in [5, 5.41) is 13.4. The molecule has 156 valence electrons. The van der Waals surface area contributed by atoms with Crippen molar-refractivity contribution in [1.29, 1.82) is 0 Å². The number of aromatic nitrogens is 3. The van der Waals surface area contributed by atoms with Crippen LogP contribution >= 0.6 is 11.3 Å². The molecule has 3 heterocycles. The van der Waals surface area contributed by atoms with Crippen LogP contribution < -0.4 is 15.0 Å². The fourth-order valence-electron chi connectivity index (χ4n) is 3.66. The molecule has 7 nitrogen and oxygen atoms in total. The third-order valence-corrected chi connectivity index (χ3v) is 6.02. The molecule has 31 heavy (non-hydrogen) atoms. The molecule has 9 heteroatoms. The minimum atomic E-state index is -0.440. The highest BCUT2D eigenvalue weighted by atomic mass is 32.1. The van der Waals surface area contributed by atoms with Crippen LogP contribution in [0.5, 0.6) is 11.5 Å². The summed E-state index contributed by atoms with van der Waals surface area (Å²) in [6.45, 7) is 0.148. The molecular weight excluding hydrogens is 421 g/mol. The van der Waals surface area contributed by atoms with E-state index < -0.39 is 5.56 Å². The molecule has 1 aliphatic rings. The maximum absolute atomic E-state index is 13.2. The summed E-state index contributed by atoms with van der Waals surface area (Å²) >= 11 is 1.32. The van der Waals surface area contributed by atoms with E-state index in [0.29, 0.717) is 44.5 Å². The third kappa shape index (κ3) is 3.05. The fraction of sp³-hybridized carbons (Fsp3) is 0.136. The van der Waals surface area contributed by atoms with E-state index in [1.807, 2.05) is 5.38 Å². The van der Waals surface area contributed by atoms with Gasteiger partial charge in [0.2, 0.25) is 0 Å². The van der Waals surface area contributed by atoms with Crippen LogP contribution in [-0.4, -0.2) is 33.9 Å². The van der Waals surface area contributed by atoms with Crippen LogP contribution in [0.15, 0.2) is 52.3 Å². The highest BCUT2D eigenvalue weighted by Gasteiger charge is 2.29. The highest BCUT2D eigenvalue weighted by Crippen LogP contribution is 2.38. The molecule has 0 saturated heterocycles. The Bertz CT molecular complexity index is 1420. The molecule has 5 rings (SSSR count). The molecule has 0 amide bonds. The zero-order valence-electron chi connectivity index (χ0n) is 16.5. The summed E-state index contributed by atoms with van der Waals surface area (Å²) in [4.78, 5) is 21.6. The molecule has 0 fully saturated rings. The normalized spacial score (nSPS) is 13.0. The predicted octanol–water partition coefficient (Wildman–Crippen LogP) is 4.01. The summed E-state index contributed by atoms with van der Waals surface area (Å²) < 4.78 is 25.6. The number of ether oxygens (including phenoxy) is 2. The van der Waals surface area contributed by atoms with Gasteiger partial charge in [-0.15, -0.1) is 11.3 Å². The average molecular weight is 437 g/mol. The van der Waals surface area contributed by atoms with Crippen molar-refractivity contribution in [2.75, 3.05) is 14.2 Å². The summed E-state index contributed by atoms with van der Waals surface area (Å²) in [7, 11) is 3.01. The summed E-state index contributed by atoms with van der Waals surface area (Å²) in [5.74, 6) is 0.966. The van der Waals surface area contributed by atoms with E-state index in [4.69, 9.17) is 9.47 Å². The Morgan fingerprint density at radius 3 is 2.52 bits per heavy atom. The zero-order chi connectivity index (χ0) is 21.7. The first-order valence-electron chi connectivity index (χ1n) is 9.31. The Morgan fingerprint density at radius 2 is 1.81 bits per heavy atom. The van der Waals surface area contributed by atoms with Crippen LogP contribution in [0.3, 0.4) is 0 Å². The van der Waals surface area contributed by atoms with E-state index in [-0.39, 0.29) is 18.1 Å². The lowest BCUT2D eigenvalue weighted by Gasteiger charge is -2.13. The first kappa shape index (κ1) is 19.3. The Balaban J connectivity index is 1.65. The summed E-state index contributed by atoms with van der Waals surface area (Å²) in [5.41, 5.74) is 1.94. The van der Waals surface area contributed by atoms with E-state index in [1.165, 1.54) is 37.7 Å². The highest BCUT2D eigenvalue weighted by molar-refractivity contribution is 7.11. The molecule has 1 N–H and O–H groups in total. The number of hydrogen-bond donors (Lipinski definition) is 1. The van der Waals surface area contributed by atoms with Gasteiger partial charge in [-0.3, -0.25) is 4.79 Å². The number of halogens is 1. The van der Waals surface area contributed by atoms with Crippen LogP contribution in [0.1, 0.15) is 10.8 Å². The number of aliphatic hydroxyl groups is 1. The van der Waals surface area contributed by atoms with Crippen molar-refractivity contribution in [2.24, 2.45) is 0 Å².